The number of hydrogen-bond donors (Lipinski definition) is 1. The Morgan fingerprint density at radius 1 is 1.42 bits per heavy atom. The lowest BCUT2D eigenvalue weighted by Crippen LogP contribution is -2.25. The van der Waals surface area contributed by atoms with Gasteiger partial charge in [-0.15, -0.1) is 6.58 Å². The third-order valence-electron chi connectivity index (χ3n) is 3.09. The summed E-state index contributed by atoms with van der Waals surface area (Å²) in [6.07, 6.45) is 4.54. The fourth-order valence-corrected chi connectivity index (χ4v) is 1.98. The second kappa shape index (κ2) is 5.78. The third kappa shape index (κ3) is 3.08. The Bertz CT molecular complexity index is 492. The maximum Gasteiger partial charge on any atom is 0.251 e. The van der Waals surface area contributed by atoms with E-state index in [1.807, 2.05) is 6.07 Å². The average Bonchev–Trinajstić information content (AvgIpc) is 3.22. The van der Waals surface area contributed by atoms with E-state index < -0.39 is 0 Å². The van der Waals surface area contributed by atoms with E-state index in [1.165, 1.54) is 0 Å². The van der Waals surface area contributed by atoms with E-state index in [1.54, 1.807) is 26.4 Å². The summed E-state index contributed by atoms with van der Waals surface area (Å²) in [7, 11) is 3.16. The Kier molecular flexibility index (Phi) is 4.10. The van der Waals surface area contributed by atoms with Crippen molar-refractivity contribution in [1.82, 2.24) is 5.32 Å². The molecular weight excluding hydrogens is 242 g/mol. The van der Waals surface area contributed by atoms with Gasteiger partial charge in [0.25, 0.3) is 5.91 Å². The highest BCUT2D eigenvalue weighted by molar-refractivity contribution is 5.95. The predicted molar refractivity (Wildman–Crippen MR) is 73.9 cm³/mol. The fraction of sp³-hybridized carbons (Fsp3) is 0.400. The Balaban J connectivity index is 2.34. The number of allylic oxidation sites excluding steroid dienone is 1. The molecule has 0 spiro atoms. The maximum absolute atomic E-state index is 12.1. The van der Waals surface area contributed by atoms with Crippen molar-refractivity contribution in [2.24, 2.45) is 0 Å². The van der Waals surface area contributed by atoms with Crippen LogP contribution in [0.25, 0.3) is 0 Å². The number of ether oxygens (including phenoxy) is 2. The molecule has 102 valence electrons. The molecule has 2 rings (SSSR count). The first-order chi connectivity index (χ1) is 9.19. The van der Waals surface area contributed by atoms with Gasteiger partial charge in [-0.3, -0.25) is 4.79 Å². The number of nitrogens with one attached hydrogen (secondary N) is 1. The summed E-state index contributed by atoms with van der Waals surface area (Å²) < 4.78 is 10.6. The zero-order valence-corrected chi connectivity index (χ0v) is 11.4. The molecule has 0 unspecified atom stereocenters. The van der Waals surface area contributed by atoms with Crippen molar-refractivity contribution in [2.45, 2.75) is 25.3 Å². The van der Waals surface area contributed by atoms with Crippen molar-refractivity contribution < 1.29 is 14.3 Å². The Labute approximate surface area is 113 Å². The summed E-state index contributed by atoms with van der Waals surface area (Å²) in [6.45, 7) is 3.72. The fourth-order valence-electron chi connectivity index (χ4n) is 1.98. The molecule has 4 heteroatoms. The van der Waals surface area contributed by atoms with E-state index >= 15 is 0 Å². The van der Waals surface area contributed by atoms with Gasteiger partial charge in [0.05, 0.1) is 14.2 Å². The predicted octanol–water partition coefficient (Wildman–Crippen LogP) is 2.32. The molecular formula is C15H19NO3. The van der Waals surface area contributed by atoms with E-state index in [0.717, 1.165) is 18.4 Å². The van der Waals surface area contributed by atoms with Crippen LogP contribution in [0.2, 0.25) is 0 Å². The lowest BCUT2D eigenvalue weighted by Gasteiger charge is -2.14. The SMILES string of the molecule is C=CCc1cc(C(=O)NC2CC2)cc(OC)c1OC. The minimum atomic E-state index is -0.0613. The van der Waals surface area contributed by atoms with E-state index in [9.17, 15) is 4.79 Å². The highest BCUT2D eigenvalue weighted by atomic mass is 16.5. The molecule has 0 aromatic heterocycles. The minimum Gasteiger partial charge on any atom is -0.493 e. The van der Waals surface area contributed by atoms with Crippen LogP contribution in [0.15, 0.2) is 24.8 Å². The highest BCUT2D eigenvalue weighted by Gasteiger charge is 2.24. The number of methoxy groups -OCH3 is 2. The average molecular weight is 261 g/mol. The molecule has 1 saturated carbocycles. The number of amides is 1. The highest BCUT2D eigenvalue weighted by Crippen LogP contribution is 2.33. The van der Waals surface area contributed by atoms with Gasteiger partial charge in [-0.25, -0.2) is 0 Å². The standard InChI is InChI=1S/C15H19NO3/c1-4-5-10-8-11(15(17)16-12-6-7-12)9-13(18-2)14(10)19-3/h4,8-9,12H,1,5-7H2,2-3H3,(H,16,17). The molecule has 0 aliphatic heterocycles. The van der Waals surface area contributed by atoms with E-state index in [-0.39, 0.29) is 5.91 Å². The molecule has 0 atom stereocenters. The number of benzene rings is 1. The number of rotatable bonds is 6. The number of carbonyl (C=O) groups is 1. The second-order valence-corrected chi connectivity index (χ2v) is 4.61. The van der Waals surface area contributed by atoms with Crippen LogP contribution in [0.4, 0.5) is 0 Å². The van der Waals surface area contributed by atoms with E-state index in [0.29, 0.717) is 29.5 Å². The van der Waals surface area contributed by atoms with Gasteiger partial charge in [0.1, 0.15) is 0 Å². The summed E-state index contributed by atoms with van der Waals surface area (Å²) >= 11 is 0. The van der Waals surface area contributed by atoms with Crippen LogP contribution in [-0.4, -0.2) is 26.2 Å². The minimum absolute atomic E-state index is 0.0613. The van der Waals surface area contributed by atoms with Gasteiger partial charge in [-0.1, -0.05) is 6.08 Å². The molecule has 19 heavy (non-hydrogen) atoms. The molecule has 1 aromatic carbocycles. The smallest absolute Gasteiger partial charge is 0.251 e. The molecule has 1 aromatic rings. The molecule has 0 heterocycles. The van der Waals surface area contributed by atoms with Crippen LogP contribution < -0.4 is 14.8 Å². The quantitative estimate of drug-likeness (QED) is 0.799. The topological polar surface area (TPSA) is 47.6 Å². The summed E-state index contributed by atoms with van der Waals surface area (Å²) in [4.78, 5) is 12.1. The summed E-state index contributed by atoms with van der Waals surface area (Å²) in [5, 5.41) is 2.97. The molecule has 1 N–H and O–H groups in total. The zero-order chi connectivity index (χ0) is 13.8. The Hall–Kier alpha value is -1.97. The maximum atomic E-state index is 12.1. The normalized spacial score (nSPS) is 13.8. The molecule has 1 aliphatic carbocycles. The molecule has 0 bridgehead atoms. The second-order valence-electron chi connectivity index (χ2n) is 4.61. The first-order valence-electron chi connectivity index (χ1n) is 6.36. The van der Waals surface area contributed by atoms with Crippen molar-refractivity contribution >= 4 is 5.91 Å². The van der Waals surface area contributed by atoms with Crippen molar-refractivity contribution in [1.29, 1.82) is 0 Å². The van der Waals surface area contributed by atoms with Gasteiger partial charge < -0.3 is 14.8 Å². The third-order valence-corrected chi connectivity index (χ3v) is 3.09. The molecule has 4 nitrogen and oxygen atoms in total. The lowest BCUT2D eigenvalue weighted by molar-refractivity contribution is 0.0950. The summed E-state index contributed by atoms with van der Waals surface area (Å²) in [5.74, 6) is 1.17. The zero-order valence-electron chi connectivity index (χ0n) is 11.4. The van der Waals surface area contributed by atoms with Crippen LogP contribution in [0.1, 0.15) is 28.8 Å². The molecule has 1 amide bonds. The molecule has 1 fully saturated rings. The number of hydrogen-bond acceptors (Lipinski definition) is 3. The Morgan fingerprint density at radius 2 is 2.16 bits per heavy atom. The van der Waals surface area contributed by atoms with Crippen molar-refractivity contribution in [2.75, 3.05) is 14.2 Å². The first-order valence-corrected chi connectivity index (χ1v) is 6.36. The van der Waals surface area contributed by atoms with Crippen LogP contribution in [-0.2, 0) is 6.42 Å². The lowest BCUT2D eigenvalue weighted by atomic mass is 10.0. The molecule has 1 aliphatic rings. The van der Waals surface area contributed by atoms with E-state index in [2.05, 4.69) is 11.9 Å². The largest absolute Gasteiger partial charge is 0.493 e. The van der Waals surface area contributed by atoms with Gasteiger partial charge >= 0.3 is 0 Å². The number of carbonyl (C=O) groups excluding carboxylic acids is 1. The van der Waals surface area contributed by atoms with Gasteiger partial charge in [-0.05, 0) is 31.4 Å². The molecule has 0 radical (unpaired) electrons. The van der Waals surface area contributed by atoms with Crippen LogP contribution in [0.5, 0.6) is 11.5 Å². The van der Waals surface area contributed by atoms with Gasteiger partial charge in [-0.2, -0.15) is 0 Å². The van der Waals surface area contributed by atoms with Crippen LogP contribution in [0, 0.1) is 0 Å². The van der Waals surface area contributed by atoms with Crippen LogP contribution >= 0.6 is 0 Å². The van der Waals surface area contributed by atoms with Gasteiger partial charge in [0.15, 0.2) is 11.5 Å². The van der Waals surface area contributed by atoms with E-state index in [4.69, 9.17) is 9.47 Å². The van der Waals surface area contributed by atoms with Gasteiger partial charge in [0.2, 0.25) is 0 Å². The Morgan fingerprint density at radius 3 is 2.68 bits per heavy atom. The van der Waals surface area contributed by atoms with Crippen molar-refractivity contribution in [3.63, 3.8) is 0 Å². The van der Waals surface area contributed by atoms with Crippen molar-refractivity contribution in [3.05, 3.63) is 35.9 Å². The van der Waals surface area contributed by atoms with Gasteiger partial charge in [0, 0.05) is 17.2 Å². The van der Waals surface area contributed by atoms with Crippen LogP contribution in [0.3, 0.4) is 0 Å². The monoisotopic (exact) mass is 261 g/mol. The molecule has 0 saturated heterocycles. The first kappa shape index (κ1) is 13.5. The summed E-state index contributed by atoms with van der Waals surface area (Å²) in [6, 6.07) is 3.88. The van der Waals surface area contributed by atoms with Crippen molar-refractivity contribution in [3.8, 4) is 11.5 Å². The summed E-state index contributed by atoms with van der Waals surface area (Å²) in [5.41, 5.74) is 1.50.